The van der Waals surface area contributed by atoms with Crippen LogP contribution >= 0.6 is 15.9 Å². The fraction of sp³-hybridized carbons (Fsp3) is 0.125. The summed E-state index contributed by atoms with van der Waals surface area (Å²) < 4.78 is 2.92. The molecule has 0 fully saturated rings. The predicted molar refractivity (Wildman–Crippen MR) is 95.0 cm³/mol. The molecule has 0 radical (unpaired) electrons. The third-order valence-corrected chi connectivity index (χ3v) is 4.11. The van der Waals surface area contributed by atoms with Gasteiger partial charge >= 0.3 is 0 Å². The lowest BCUT2D eigenvalue weighted by Crippen LogP contribution is -2.01. The number of rotatable bonds is 5. The van der Waals surface area contributed by atoms with Crippen LogP contribution in [0.5, 0.6) is 0 Å². The van der Waals surface area contributed by atoms with Crippen LogP contribution in [0.15, 0.2) is 53.7 Å². The normalized spacial score (nSPS) is 11.0. The molecular weight excluding hydrogens is 370 g/mol. The second kappa shape index (κ2) is 6.40. The Morgan fingerprint density at radius 2 is 2.00 bits per heavy atom. The molecule has 4 rings (SSSR count). The van der Waals surface area contributed by atoms with Crippen LogP contribution in [0, 0.1) is 0 Å². The summed E-state index contributed by atoms with van der Waals surface area (Å²) in [5.74, 6) is 0.739. The second-order valence-electron chi connectivity index (χ2n) is 5.35. The lowest BCUT2D eigenvalue weighted by atomic mass is 10.1. The van der Waals surface area contributed by atoms with Gasteiger partial charge in [-0.15, -0.1) is 0 Å². The summed E-state index contributed by atoms with van der Waals surface area (Å²) >= 11 is 3.40. The summed E-state index contributed by atoms with van der Waals surface area (Å²) in [4.78, 5) is 8.41. The molecule has 4 aromatic rings. The minimum atomic E-state index is 0.717. The molecule has 2 N–H and O–H groups in total. The van der Waals surface area contributed by atoms with Gasteiger partial charge in [-0.25, -0.2) is 9.97 Å². The first-order chi connectivity index (χ1) is 11.8. The van der Waals surface area contributed by atoms with Gasteiger partial charge in [-0.1, -0.05) is 12.1 Å². The minimum Gasteiger partial charge on any atom is -0.340 e. The van der Waals surface area contributed by atoms with E-state index in [9.17, 15) is 0 Å². The molecular formula is C16H14BrN7. The molecule has 0 saturated heterocycles. The van der Waals surface area contributed by atoms with E-state index in [-0.39, 0.29) is 0 Å². The number of hydrogen-bond acceptors (Lipinski definition) is 5. The standard InChI is InChI=1S/C16H14BrN7/c17-12-7-21-24(9-12)6-5-11-1-3-13(4-2-11)22-15-14-8-20-23-16(14)19-10-18-15/h1-4,7-10H,5-6H2,(H2,18,19,20,22,23). The highest BCUT2D eigenvalue weighted by molar-refractivity contribution is 9.10. The molecule has 8 heteroatoms. The van der Waals surface area contributed by atoms with Gasteiger partial charge < -0.3 is 5.32 Å². The van der Waals surface area contributed by atoms with Crippen molar-refractivity contribution in [3.8, 4) is 0 Å². The van der Waals surface area contributed by atoms with Crippen LogP contribution < -0.4 is 5.32 Å². The van der Waals surface area contributed by atoms with Gasteiger partial charge in [0.1, 0.15) is 12.1 Å². The molecule has 1 aromatic carbocycles. The zero-order valence-corrected chi connectivity index (χ0v) is 14.2. The van der Waals surface area contributed by atoms with Gasteiger partial charge in [0, 0.05) is 18.4 Å². The molecule has 3 aromatic heterocycles. The largest absolute Gasteiger partial charge is 0.340 e. The van der Waals surface area contributed by atoms with Crippen molar-refractivity contribution < 1.29 is 0 Å². The number of hydrogen-bond donors (Lipinski definition) is 2. The Morgan fingerprint density at radius 1 is 1.12 bits per heavy atom. The molecule has 0 aliphatic carbocycles. The van der Waals surface area contributed by atoms with Crippen molar-refractivity contribution >= 4 is 38.5 Å². The van der Waals surface area contributed by atoms with E-state index in [4.69, 9.17) is 0 Å². The predicted octanol–water partition coefficient (Wildman–Crippen LogP) is 3.30. The second-order valence-corrected chi connectivity index (χ2v) is 6.26. The van der Waals surface area contributed by atoms with E-state index >= 15 is 0 Å². The highest BCUT2D eigenvalue weighted by Crippen LogP contribution is 2.21. The van der Waals surface area contributed by atoms with Crippen molar-refractivity contribution in [3.63, 3.8) is 0 Å². The van der Waals surface area contributed by atoms with E-state index in [1.807, 2.05) is 23.0 Å². The van der Waals surface area contributed by atoms with Gasteiger partial charge in [-0.3, -0.25) is 9.78 Å². The number of nitrogens with one attached hydrogen (secondary N) is 2. The van der Waals surface area contributed by atoms with E-state index in [0.29, 0.717) is 0 Å². The van der Waals surface area contributed by atoms with Gasteiger partial charge in [0.2, 0.25) is 0 Å². The molecule has 0 spiro atoms. The highest BCUT2D eigenvalue weighted by Gasteiger charge is 2.05. The molecule has 0 bridgehead atoms. The Bertz CT molecular complexity index is 958. The number of halogens is 1. The summed E-state index contributed by atoms with van der Waals surface area (Å²) in [6.07, 6.45) is 7.92. The summed E-state index contributed by atoms with van der Waals surface area (Å²) in [5.41, 5.74) is 2.94. The first kappa shape index (κ1) is 14.8. The Labute approximate surface area is 146 Å². The summed E-state index contributed by atoms with van der Waals surface area (Å²) in [7, 11) is 0. The highest BCUT2D eigenvalue weighted by atomic mass is 79.9. The average molecular weight is 384 g/mol. The van der Waals surface area contributed by atoms with Gasteiger partial charge in [-0.2, -0.15) is 10.2 Å². The SMILES string of the molecule is Brc1cnn(CCc2ccc(Nc3ncnc4[nH]ncc34)cc2)c1. The Morgan fingerprint density at radius 3 is 2.79 bits per heavy atom. The van der Waals surface area contributed by atoms with Crippen molar-refractivity contribution in [1.82, 2.24) is 29.9 Å². The zero-order valence-electron chi connectivity index (χ0n) is 12.6. The molecule has 0 atom stereocenters. The van der Waals surface area contributed by atoms with Crippen molar-refractivity contribution in [1.29, 1.82) is 0 Å². The monoisotopic (exact) mass is 383 g/mol. The van der Waals surface area contributed by atoms with Crippen LogP contribution in [0.4, 0.5) is 11.5 Å². The van der Waals surface area contributed by atoms with E-state index in [1.54, 1.807) is 12.4 Å². The summed E-state index contributed by atoms with van der Waals surface area (Å²) in [6.45, 7) is 0.847. The third kappa shape index (κ3) is 3.13. The van der Waals surface area contributed by atoms with E-state index < -0.39 is 0 Å². The maximum absolute atomic E-state index is 4.28. The first-order valence-electron chi connectivity index (χ1n) is 7.46. The smallest absolute Gasteiger partial charge is 0.160 e. The van der Waals surface area contributed by atoms with Crippen LogP contribution in [0.2, 0.25) is 0 Å². The lowest BCUT2D eigenvalue weighted by Gasteiger charge is -2.07. The maximum atomic E-state index is 4.28. The third-order valence-electron chi connectivity index (χ3n) is 3.70. The molecule has 3 heterocycles. The maximum Gasteiger partial charge on any atom is 0.160 e. The quantitative estimate of drug-likeness (QED) is 0.552. The van der Waals surface area contributed by atoms with Crippen molar-refractivity contribution in [3.05, 3.63) is 59.2 Å². The van der Waals surface area contributed by atoms with Gasteiger partial charge in [0.25, 0.3) is 0 Å². The first-order valence-corrected chi connectivity index (χ1v) is 8.25. The van der Waals surface area contributed by atoms with E-state index in [0.717, 1.165) is 40.0 Å². The number of aromatic amines is 1. The number of aryl methyl sites for hydroxylation is 2. The molecule has 0 unspecified atom stereocenters. The summed E-state index contributed by atoms with van der Waals surface area (Å²) in [5, 5.41) is 15.3. The van der Waals surface area contributed by atoms with Crippen molar-refractivity contribution in [2.24, 2.45) is 0 Å². The van der Waals surface area contributed by atoms with Crippen LogP contribution in [-0.2, 0) is 13.0 Å². The Kier molecular flexibility index (Phi) is 3.96. The van der Waals surface area contributed by atoms with Crippen molar-refractivity contribution in [2.75, 3.05) is 5.32 Å². The van der Waals surface area contributed by atoms with Crippen LogP contribution in [-0.4, -0.2) is 29.9 Å². The van der Waals surface area contributed by atoms with Gasteiger partial charge in [0.15, 0.2) is 5.65 Å². The fourth-order valence-corrected chi connectivity index (χ4v) is 2.79. The minimum absolute atomic E-state index is 0.717. The molecule has 0 saturated carbocycles. The van der Waals surface area contributed by atoms with E-state index in [2.05, 4.69) is 58.6 Å². The number of benzene rings is 1. The number of aromatic nitrogens is 6. The number of fused-ring (bicyclic) bond motifs is 1. The molecule has 7 nitrogen and oxygen atoms in total. The Hall–Kier alpha value is -2.74. The zero-order chi connectivity index (χ0) is 16.4. The molecule has 120 valence electrons. The molecule has 0 aliphatic heterocycles. The Balaban J connectivity index is 1.44. The lowest BCUT2D eigenvalue weighted by molar-refractivity contribution is 0.614. The summed E-state index contributed by atoms with van der Waals surface area (Å²) in [6, 6.07) is 8.30. The van der Waals surface area contributed by atoms with Crippen LogP contribution in [0.1, 0.15) is 5.56 Å². The fourth-order valence-electron chi connectivity index (χ4n) is 2.46. The van der Waals surface area contributed by atoms with E-state index in [1.165, 1.54) is 11.9 Å². The average Bonchev–Trinajstić information content (AvgIpc) is 3.23. The van der Waals surface area contributed by atoms with Gasteiger partial charge in [-0.05, 0) is 40.0 Å². The molecule has 0 aliphatic rings. The van der Waals surface area contributed by atoms with Crippen molar-refractivity contribution in [2.45, 2.75) is 13.0 Å². The van der Waals surface area contributed by atoms with Gasteiger partial charge in [0.05, 0.1) is 22.3 Å². The van der Waals surface area contributed by atoms with Crippen LogP contribution in [0.25, 0.3) is 11.0 Å². The number of anilines is 2. The molecule has 24 heavy (non-hydrogen) atoms. The van der Waals surface area contributed by atoms with Crippen LogP contribution in [0.3, 0.4) is 0 Å². The number of H-pyrrole nitrogens is 1. The topological polar surface area (TPSA) is 84.3 Å². The molecule has 0 amide bonds. The number of nitrogens with zero attached hydrogens (tertiary/aromatic N) is 5.